The first kappa shape index (κ1) is 19.1. The van der Waals surface area contributed by atoms with Crippen LogP contribution in [-0.2, 0) is 4.79 Å². The average Bonchev–Trinajstić information content (AvgIpc) is 3.11. The second-order valence-electron chi connectivity index (χ2n) is 8.20. The quantitative estimate of drug-likeness (QED) is 0.832. The summed E-state index contributed by atoms with van der Waals surface area (Å²) in [6.45, 7) is 3.58. The van der Waals surface area contributed by atoms with E-state index < -0.39 is 5.79 Å². The van der Waals surface area contributed by atoms with Crippen molar-refractivity contribution in [2.75, 3.05) is 42.9 Å². The topological polar surface area (TPSA) is 79.8 Å². The van der Waals surface area contributed by atoms with Crippen molar-refractivity contribution < 1.29 is 14.3 Å². The molecular formula is C22H27N5O3. The Bertz CT molecular complexity index is 893. The number of carbonyl (C=O) groups is 1. The predicted molar refractivity (Wildman–Crippen MR) is 113 cm³/mol. The maximum atomic E-state index is 12.6. The Morgan fingerprint density at radius 3 is 2.50 bits per heavy atom. The molecule has 1 aliphatic carbocycles. The van der Waals surface area contributed by atoms with Crippen molar-refractivity contribution in [2.24, 2.45) is 0 Å². The van der Waals surface area contributed by atoms with Gasteiger partial charge in [-0.25, -0.2) is 9.97 Å². The van der Waals surface area contributed by atoms with E-state index in [0.717, 1.165) is 75.0 Å². The number of hydrogen-bond acceptors (Lipinski definition) is 7. The van der Waals surface area contributed by atoms with Gasteiger partial charge in [0.1, 0.15) is 0 Å². The van der Waals surface area contributed by atoms with Crippen molar-refractivity contribution in [3.05, 3.63) is 36.7 Å². The van der Waals surface area contributed by atoms with Crippen LogP contribution in [0, 0.1) is 0 Å². The maximum Gasteiger partial charge on any atom is 0.251 e. The molecule has 0 radical (unpaired) electrons. The first-order valence-corrected chi connectivity index (χ1v) is 10.8. The first-order chi connectivity index (χ1) is 14.7. The normalized spacial score (nSPS) is 20.3. The summed E-state index contributed by atoms with van der Waals surface area (Å²) in [6, 6.07) is 7.47. The zero-order valence-electron chi connectivity index (χ0n) is 17.0. The molecule has 0 bridgehead atoms. The lowest BCUT2D eigenvalue weighted by molar-refractivity contribution is -0.117. The van der Waals surface area contributed by atoms with Crippen LogP contribution in [0.1, 0.15) is 32.1 Å². The highest BCUT2D eigenvalue weighted by Crippen LogP contribution is 2.46. The molecular weight excluding hydrogens is 382 g/mol. The van der Waals surface area contributed by atoms with Crippen molar-refractivity contribution in [2.45, 2.75) is 37.9 Å². The number of benzene rings is 1. The van der Waals surface area contributed by atoms with Crippen LogP contribution in [-0.4, -0.2) is 59.3 Å². The van der Waals surface area contributed by atoms with Crippen LogP contribution >= 0.6 is 0 Å². The zero-order chi connectivity index (χ0) is 20.4. The van der Waals surface area contributed by atoms with E-state index >= 15 is 0 Å². The Kier molecular flexibility index (Phi) is 5.16. The van der Waals surface area contributed by atoms with E-state index in [0.29, 0.717) is 6.54 Å². The van der Waals surface area contributed by atoms with Gasteiger partial charge in [-0.15, -0.1) is 0 Å². The lowest BCUT2D eigenvalue weighted by atomic mass is 9.94. The van der Waals surface area contributed by atoms with E-state index in [1.54, 1.807) is 12.4 Å². The van der Waals surface area contributed by atoms with Gasteiger partial charge in [0.25, 0.3) is 5.79 Å². The van der Waals surface area contributed by atoms with Gasteiger partial charge in [0.15, 0.2) is 11.5 Å². The number of nitrogens with zero attached hydrogens (tertiary/aromatic N) is 4. The molecule has 3 heterocycles. The second kappa shape index (κ2) is 8.10. The number of piperazine rings is 1. The molecule has 158 valence electrons. The molecule has 5 rings (SSSR count). The van der Waals surface area contributed by atoms with Crippen LogP contribution in [0.2, 0.25) is 0 Å². The molecule has 0 atom stereocenters. The Morgan fingerprint density at radius 1 is 1.00 bits per heavy atom. The fourth-order valence-corrected chi connectivity index (χ4v) is 4.43. The van der Waals surface area contributed by atoms with Gasteiger partial charge in [0.05, 0.1) is 6.54 Å². The molecule has 30 heavy (non-hydrogen) atoms. The second-order valence-corrected chi connectivity index (χ2v) is 8.20. The van der Waals surface area contributed by atoms with E-state index in [9.17, 15) is 4.79 Å². The summed E-state index contributed by atoms with van der Waals surface area (Å²) < 4.78 is 12.3. The fourth-order valence-electron chi connectivity index (χ4n) is 4.43. The minimum absolute atomic E-state index is 0.0225. The number of amides is 1. The smallest absolute Gasteiger partial charge is 0.251 e. The third-order valence-electron chi connectivity index (χ3n) is 6.01. The molecule has 8 heteroatoms. The lowest BCUT2D eigenvalue weighted by Crippen LogP contribution is -2.49. The van der Waals surface area contributed by atoms with Crippen LogP contribution in [0.3, 0.4) is 0 Å². The fraction of sp³-hybridized carbons (Fsp3) is 0.500. The van der Waals surface area contributed by atoms with Gasteiger partial charge in [-0.3, -0.25) is 9.69 Å². The molecule has 1 saturated carbocycles. The number of aromatic nitrogens is 2. The Morgan fingerprint density at radius 2 is 1.73 bits per heavy atom. The molecule has 2 aliphatic heterocycles. The van der Waals surface area contributed by atoms with E-state index in [-0.39, 0.29) is 5.91 Å². The van der Waals surface area contributed by atoms with Gasteiger partial charge in [-0.05, 0) is 31.0 Å². The summed E-state index contributed by atoms with van der Waals surface area (Å²) >= 11 is 0. The van der Waals surface area contributed by atoms with Gasteiger partial charge < -0.3 is 19.7 Å². The molecule has 1 aromatic carbocycles. The van der Waals surface area contributed by atoms with Gasteiger partial charge >= 0.3 is 0 Å². The summed E-state index contributed by atoms with van der Waals surface area (Å²) in [5, 5.41) is 3.00. The number of nitrogens with one attached hydrogen (secondary N) is 1. The molecule has 1 amide bonds. The van der Waals surface area contributed by atoms with Gasteiger partial charge in [-0.2, -0.15) is 0 Å². The van der Waals surface area contributed by atoms with E-state index in [1.165, 1.54) is 6.42 Å². The van der Waals surface area contributed by atoms with Crippen LogP contribution < -0.4 is 19.7 Å². The highest BCUT2D eigenvalue weighted by Gasteiger charge is 2.42. The van der Waals surface area contributed by atoms with Crippen LogP contribution in [0.4, 0.5) is 11.6 Å². The molecule has 2 aromatic rings. The van der Waals surface area contributed by atoms with Gasteiger partial charge in [0, 0.05) is 63.2 Å². The molecule has 2 fully saturated rings. The van der Waals surface area contributed by atoms with Crippen LogP contribution in [0.25, 0.3) is 0 Å². The Hall–Kier alpha value is -2.87. The average molecular weight is 409 g/mol. The number of ether oxygens (including phenoxy) is 2. The largest absolute Gasteiger partial charge is 0.448 e. The number of fused-ring (bicyclic) bond motifs is 1. The number of hydrogen-bond donors (Lipinski definition) is 1. The molecule has 8 nitrogen and oxygen atoms in total. The number of anilines is 2. The van der Waals surface area contributed by atoms with Crippen molar-refractivity contribution in [1.82, 2.24) is 14.9 Å². The number of carbonyl (C=O) groups excluding carboxylic acids is 1. The predicted octanol–water partition coefficient (Wildman–Crippen LogP) is 2.67. The summed E-state index contributed by atoms with van der Waals surface area (Å²) in [5.41, 5.74) is 0.742. The van der Waals surface area contributed by atoms with Gasteiger partial charge in [0.2, 0.25) is 11.9 Å². The van der Waals surface area contributed by atoms with Crippen LogP contribution in [0.5, 0.6) is 11.5 Å². The molecule has 1 saturated heterocycles. The summed E-state index contributed by atoms with van der Waals surface area (Å²) in [4.78, 5) is 25.5. The summed E-state index contributed by atoms with van der Waals surface area (Å²) in [6.07, 6.45) is 8.83. The first-order valence-electron chi connectivity index (χ1n) is 10.8. The lowest BCUT2D eigenvalue weighted by Gasteiger charge is -2.34. The van der Waals surface area contributed by atoms with E-state index in [2.05, 4.69) is 25.1 Å². The minimum atomic E-state index is -0.495. The standard InChI is InChI=1S/C22H27N5O3/c28-20(16-26-11-13-27(14-12-26)21-23-9-4-10-24-21)25-17-5-6-18-19(15-17)30-22(29-18)7-2-1-3-8-22/h4-6,9-10,15H,1-3,7-8,11-14,16H2,(H,25,28). The molecule has 0 unspecified atom stereocenters. The van der Waals surface area contributed by atoms with Crippen molar-refractivity contribution in [1.29, 1.82) is 0 Å². The Labute approximate surface area is 176 Å². The van der Waals surface area contributed by atoms with Crippen molar-refractivity contribution >= 4 is 17.5 Å². The number of rotatable bonds is 4. The summed E-state index contributed by atoms with van der Waals surface area (Å²) in [5.74, 6) is 1.73. The highest BCUT2D eigenvalue weighted by molar-refractivity contribution is 5.92. The molecule has 3 aliphatic rings. The monoisotopic (exact) mass is 409 g/mol. The molecule has 1 N–H and O–H groups in total. The minimum Gasteiger partial charge on any atom is -0.448 e. The Balaban J connectivity index is 1.13. The zero-order valence-corrected chi connectivity index (χ0v) is 17.0. The van der Waals surface area contributed by atoms with Gasteiger partial charge in [-0.1, -0.05) is 6.42 Å². The summed E-state index contributed by atoms with van der Waals surface area (Å²) in [7, 11) is 0. The maximum absolute atomic E-state index is 12.6. The van der Waals surface area contributed by atoms with Crippen molar-refractivity contribution in [3.8, 4) is 11.5 Å². The third kappa shape index (κ3) is 4.05. The van der Waals surface area contributed by atoms with Crippen LogP contribution in [0.15, 0.2) is 36.7 Å². The van der Waals surface area contributed by atoms with E-state index in [1.807, 2.05) is 24.3 Å². The SMILES string of the molecule is O=C(CN1CCN(c2ncccn2)CC1)Nc1ccc2c(c1)OC1(CCCCC1)O2. The van der Waals surface area contributed by atoms with E-state index in [4.69, 9.17) is 9.47 Å². The molecule has 1 spiro atoms. The highest BCUT2D eigenvalue weighted by atomic mass is 16.7. The third-order valence-corrected chi connectivity index (χ3v) is 6.01. The molecule has 1 aromatic heterocycles. The van der Waals surface area contributed by atoms with Crippen molar-refractivity contribution in [3.63, 3.8) is 0 Å².